The standard InChI is InChI=1S/C20H26N4/c1-2-7-16(8-3-1)23-11-9-17(13-23)24-12-10-19-18(14-24)20(22-21-19)15-5-4-6-15/h1-3,7-8,15,17H,4-6,9-14H2,(H,21,22)/t17-/m1/s1. The lowest BCUT2D eigenvalue weighted by Crippen LogP contribution is -2.41. The summed E-state index contributed by atoms with van der Waals surface area (Å²) >= 11 is 0. The fourth-order valence-corrected chi connectivity index (χ4v) is 4.58. The van der Waals surface area contributed by atoms with Crippen LogP contribution in [0.15, 0.2) is 30.3 Å². The maximum atomic E-state index is 4.68. The molecule has 0 unspecified atom stereocenters. The number of H-pyrrole nitrogens is 1. The van der Waals surface area contributed by atoms with Crippen molar-refractivity contribution in [3.63, 3.8) is 0 Å². The number of para-hydroxylation sites is 1. The summed E-state index contributed by atoms with van der Waals surface area (Å²) in [6.45, 7) is 4.62. The highest BCUT2D eigenvalue weighted by Gasteiger charge is 2.34. The Morgan fingerprint density at radius 1 is 1.04 bits per heavy atom. The number of hydrogen-bond acceptors (Lipinski definition) is 3. The van der Waals surface area contributed by atoms with E-state index in [1.165, 1.54) is 61.4 Å². The van der Waals surface area contributed by atoms with Crippen molar-refractivity contribution < 1.29 is 0 Å². The molecule has 0 bridgehead atoms. The molecule has 1 aromatic carbocycles. The first-order valence-electron chi connectivity index (χ1n) is 9.48. The minimum atomic E-state index is 0.683. The zero-order valence-electron chi connectivity index (χ0n) is 14.2. The van der Waals surface area contributed by atoms with E-state index in [-0.39, 0.29) is 0 Å². The van der Waals surface area contributed by atoms with Crippen LogP contribution in [0.25, 0.3) is 0 Å². The molecule has 2 aliphatic heterocycles. The third-order valence-electron chi connectivity index (χ3n) is 6.29. The molecular formula is C20H26N4. The van der Waals surface area contributed by atoms with Crippen LogP contribution < -0.4 is 4.90 Å². The SMILES string of the molecule is c1ccc(N2CC[C@@H](N3CCc4[nH]nc(C5CCC5)c4C3)C2)cc1. The van der Waals surface area contributed by atoms with Crippen LogP contribution in [0.2, 0.25) is 0 Å². The smallest absolute Gasteiger partial charge is 0.0700 e. The molecular weight excluding hydrogens is 296 g/mol. The number of fused-ring (bicyclic) bond motifs is 1. The Balaban J connectivity index is 1.30. The molecule has 1 atom stereocenters. The third kappa shape index (κ3) is 2.44. The summed E-state index contributed by atoms with van der Waals surface area (Å²) in [4.78, 5) is 5.26. The predicted molar refractivity (Wildman–Crippen MR) is 96.4 cm³/mol. The molecule has 0 spiro atoms. The van der Waals surface area contributed by atoms with E-state index in [2.05, 4.69) is 50.3 Å². The van der Waals surface area contributed by atoms with Crippen molar-refractivity contribution in [3.05, 3.63) is 47.3 Å². The van der Waals surface area contributed by atoms with Crippen molar-refractivity contribution in [3.8, 4) is 0 Å². The van der Waals surface area contributed by atoms with Crippen molar-refractivity contribution >= 4 is 5.69 Å². The number of nitrogens with zero attached hydrogens (tertiary/aromatic N) is 3. The normalized spacial score (nSPS) is 24.8. The van der Waals surface area contributed by atoms with Crippen molar-refractivity contribution in [1.82, 2.24) is 15.1 Å². The average molecular weight is 322 g/mol. The molecule has 4 heteroatoms. The van der Waals surface area contributed by atoms with Gasteiger partial charge < -0.3 is 4.90 Å². The highest BCUT2D eigenvalue weighted by atomic mass is 15.3. The van der Waals surface area contributed by atoms with E-state index in [1.807, 2.05) is 0 Å². The van der Waals surface area contributed by atoms with Crippen LogP contribution in [0, 0.1) is 0 Å². The van der Waals surface area contributed by atoms with Crippen LogP contribution in [-0.4, -0.2) is 40.8 Å². The first kappa shape index (κ1) is 14.5. The van der Waals surface area contributed by atoms with Gasteiger partial charge in [0, 0.05) is 61.5 Å². The Labute approximate surface area is 143 Å². The van der Waals surface area contributed by atoms with E-state index >= 15 is 0 Å². The molecule has 3 aliphatic rings. The summed E-state index contributed by atoms with van der Waals surface area (Å²) in [5, 5.41) is 8.02. The fourth-order valence-electron chi connectivity index (χ4n) is 4.58. The zero-order chi connectivity index (χ0) is 15.9. The van der Waals surface area contributed by atoms with Gasteiger partial charge in [-0.25, -0.2) is 0 Å². The van der Waals surface area contributed by atoms with Gasteiger partial charge in [0.05, 0.1) is 5.69 Å². The summed E-state index contributed by atoms with van der Waals surface area (Å²) in [5.41, 5.74) is 5.70. The molecule has 24 heavy (non-hydrogen) atoms. The number of anilines is 1. The molecule has 126 valence electrons. The van der Waals surface area contributed by atoms with E-state index in [1.54, 1.807) is 0 Å². The second kappa shape index (κ2) is 5.92. The average Bonchev–Trinajstić information content (AvgIpc) is 3.22. The molecule has 2 aromatic rings. The molecule has 3 heterocycles. The monoisotopic (exact) mass is 322 g/mol. The Kier molecular flexibility index (Phi) is 3.58. The number of hydrogen-bond donors (Lipinski definition) is 1. The Morgan fingerprint density at radius 3 is 2.71 bits per heavy atom. The van der Waals surface area contributed by atoms with Crippen LogP contribution in [0.4, 0.5) is 5.69 Å². The zero-order valence-corrected chi connectivity index (χ0v) is 14.2. The van der Waals surface area contributed by atoms with Crippen molar-refractivity contribution in [2.75, 3.05) is 24.5 Å². The fraction of sp³-hybridized carbons (Fsp3) is 0.550. The first-order chi connectivity index (χ1) is 11.9. The van der Waals surface area contributed by atoms with Gasteiger partial charge in [0.15, 0.2) is 0 Å². The van der Waals surface area contributed by atoms with E-state index in [9.17, 15) is 0 Å². The van der Waals surface area contributed by atoms with Crippen LogP contribution in [-0.2, 0) is 13.0 Å². The highest BCUT2D eigenvalue weighted by Crippen LogP contribution is 2.39. The summed E-state index contributed by atoms with van der Waals surface area (Å²) in [6.07, 6.45) is 6.47. The second-order valence-electron chi connectivity index (χ2n) is 7.64. The van der Waals surface area contributed by atoms with Crippen LogP contribution in [0.3, 0.4) is 0 Å². The summed E-state index contributed by atoms with van der Waals surface area (Å²) in [6, 6.07) is 11.5. The Bertz CT molecular complexity index is 704. The second-order valence-corrected chi connectivity index (χ2v) is 7.64. The molecule has 1 aliphatic carbocycles. The lowest BCUT2D eigenvalue weighted by molar-refractivity contribution is 0.189. The topological polar surface area (TPSA) is 35.2 Å². The van der Waals surface area contributed by atoms with E-state index in [4.69, 9.17) is 0 Å². The molecule has 1 N–H and O–H groups in total. The molecule has 1 saturated carbocycles. The summed E-state index contributed by atoms with van der Waals surface area (Å²) in [7, 11) is 0. The number of aromatic nitrogens is 2. The van der Waals surface area contributed by atoms with Gasteiger partial charge in [0.1, 0.15) is 0 Å². The Morgan fingerprint density at radius 2 is 1.92 bits per heavy atom. The number of benzene rings is 1. The van der Waals surface area contributed by atoms with Gasteiger partial charge in [-0.2, -0.15) is 5.10 Å². The number of nitrogens with one attached hydrogen (secondary N) is 1. The van der Waals surface area contributed by atoms with Crippen molar-refractivity contribution in [1.29, 1.82) is 0 Å². The lowest BCUT2D eigenvalue weighted by atomic mass is 9.80. The van der Waals surface area contributed by atoms with Gasteiger partial charge >= 0.3 is 0 Å². The van der Waals surface area contributed by atoms with E-state index in [0.29, 0.717) is 6.04 Å². The lowest BCUT2D eigenvalue weighted by Gasteiger charge is -2.34. The maximum Gasteiger partial charge on any atom is 0.0700 e. The maximum absolute atomic E-state index is 4.68. The molecule has 4 nitrogen and oxygen atoms in total. The van der Waals surface area contributed by atoms with Gasteiger partial charge in [-0.1, -0.05) is 24.6 Å². The minimum Gasteiger partial charge on any atom is -0.370 e. The molecule has 5 rings (SSSR count). The van der Waals surface area contributed by atoms with E-state index < -0.39 is 0 Å². The van der Waals surface area contributed by atoms with Crippen molar-refractivity contribution in [2.24, 2.45) is 0 Å². The predicted octanol–water partition coefficient (Wildman–Crippen LogP) is 3.31. The van der Waals surface area contributed by atoms with Gasteiger partial charge in [0.2, 0.25) is 0 Å². The van der Waals surface area contributed by atoms with Crippen LogP contribution >= 0.6 is 0 Å². The van der Waals surface area contributed by atoms with Gasteiger partial charge in [0.25, 0.3) is 0 Å². The summed E-state index contributed by atoms with van der Waals surface area (Å²) in [5.74, 6) is 0.731. The van der Waals surface area contributed by atoms with Crippen LogP contribution in [0.5, 0.6) is 0 Å². The first-order valence-corrected chi connectivity index (χ1v) is 9.48. The summed E-state index contributed by atoms with van der Waals surface area (Å²) < 4.78 is 0. The quantitative estimate of drug-likeness (QED) is 0.941. The minimum absolute atomic E-state index is 0.683. The van der Waals surface area contributed by atoms with Crippen molar-refractivity contribution in [2.45, 2.75) is 50.6 Å². The molecule has 0 radical (unpaired) electrons. The molecule has 1 saturated heterocycles. The largest absolute Gasteiger partial charge is 0.370 e. The number of rotatable bonds is 3. The number of aromatic amines is 1. The van der Waals surface area contributed by atoms with E-state index in [0.717, 1.165) is 25.4 Å². The molecule has 0 amide bonds. The highest BCUT2D eigenvalue weighted by molar-refractivity contribution is 5.47. The van der Waals surface area contributed by atoms with Gasteiger partial charge in [-0.15, -0.1) is 0 Å². The van der Waals surface area contributed by atoms with Crippen LogP contribution in [0.1, 0.15) is 48.6 Å². The molecule has 2 fully saturated rings. The van der Waals surface area contributed by atoms with Gasteiger partial charge in [-0.05, 0) is 31.4 Å². The van der Waals surface area contributed by atoms with Gasteiger partial charge in [-0.3, -0.25) is 10.00 Å². The molecule has 1 aromatic heterocycles. The third-order valence-corrected chi connectivity index (χ3v) is 6.29. The Hall–Kier alpha value is -1.81.